The Morgan fingerprint density at radius 3 is 2.53 bits per heavy atom. The van der Waals surface area contributed by atoms with Gasteiger partial charge in [-0.25, -0.2) is 0 Å². The zero-order valence-corrected chi connectivity index (χ0v) is 19.2. The topological polar surface area (TPSA) is 66.8 Å². The number of ether oxygens (including phenoxy) is 1. The van der Waals surface area contributed by atoms with Gasteiger partial charge in [0, 0.05) is 6.42 Å². The van der Waals surface area contributed by atoms with Crippen molar-refractivity contribution in [3.63, 3.8) is 0 Å². The lowest BCUT2D eigenvalue weighted by molar-refractivity contribution is -0.165. The molecule has 0 aromatic rings. The summed E-state index contributed by atoms with van der Waals surface area (Å²) in [5.74, 6) is 4.04. The molecule has 0 spiro atoms. The fourth-order valence-corrected chi connectivity index (χ4v) is 9.41. The van der Waals surface area contributed by atoms with Crippen LogP contribution in [0.3, 0.4) is 0 Å². The van der Waals surface area contributed by atoms with E-state index in [2.05, 4.69) is 13.8 Å². The molecule has 0 aromatic carbocycles. The van der Waals surface area contributed by atoms with E-state index in [0.29, 0.717) is 36.2 Å². The van der Waals surface area contributed by atoms with Crippen LogP contribution in [0.1, 0.15) is 91.4 Å². The van der Waals surface area contributed by atoms with Crippen LogP contribution in [0, 0.1) is 46.3 Å². The van der Waals surface area contributed by atoms with E-state index >= 15 is 0 Å². The lowest BCUT2D eigenvalue weighted by Crippen LogP contribution is -2.57. The van der Waals surface area contributed by atoms with Crippen LogP contribution in [-0.4, -0.2) is 34.5 Å². The molecule has 5 rings (SSSR count). The molecule has 5 saturated carbocycles. The van der Waals surface area contributed by atoms with Crippen molar-refractivity contribution in [3.05, 3.63) is 0 Å². The molecule has 0 amide bonds. The zero-order chi connectivity index (χ0) is 21.3. The number of carbonyl (C=O) groups is 1. The van der Waals surface area contributed by atoms with Crippen LogP contribution in [-0.2, 0) is 9.53 Å². The summed E-state index contributed by atoms with van der Waals surface area (Å²) in [5, 5.41) is 22.3. The van der Waals surface area contributed by atoms with Crippen molar-refractivity contribution in [1.82, 2.24) is 0 Å². The van der Waals surface area contributed by atoms with Gasteiger partial charge in [-0.1, -0.05) is 20.8 Å². The van der Waals surface area contributed by atoms with Gasteiger partial charge in [0.15, 0.2) is 0 Å². The highest BCUT2D eigenvalue weighted by atomic mass is 16.5. The van der Waals surface area contributed by atoms with Crippen LogP contribution in [0.4, 0.5) is 0 Å². The van der Waals surface area contributed by atoms with Crippen LogP contribution in [0.15, 0.2) is 0 Å². The molecule has 5 fully saturated rings. The number of hydrogen-bond acceptors (Lipinski definition) is 4. The lowest BCUT2D eigenvalue weighted by Gasteiger charge is -2.61. The highest BCUT2D eigenvalue weighted by molar-refractivity contribution is 5.68. The monoisotopic (exact) mass is 418 g/mol. The number of fused-ring (bicyclic) bond motifs is 7. The Morgan fingerprint density at radius 2 is 1.77 bits per heavy atom. The summed E-state index contributed by atoms with van der Waals surface area (Å²) in [7, 11) is 0. The van der Waals surface area contributed by atoms with Gasteiger partial charge in [0.05, 0.1) is 18.3 Å². The first-order valence-corrected chi connectivity index (χ1v) is 12.8. The highest BCUT2D eigenvalue weighted by Crippen LogP contribution is 2.73. The summed E-state index contributed by atoms with van der Waals surface area (Å²) in [4.78, 5) is 11.4. The van der Waals surface area contributed by atoms with Gasteiger partial charge in [-0.15, -0.1) is 0 Å². The Bertz CT molecular complexity index is 693. The Balaban J connectivity index is 1.30. The molecule has 10 atom stereocenters. The molecule has 170 valence electrons. The van der Waals surface area contributed by atoms with Crippen molar-refractivity contribution in [2.45, 2.75) is 103 Å². The number of carbonyl (C=O) groups excluding carboxylic acids is 1. The third-order valence-electron chi connectivity index (χ3n) is 11.2. The molecule has 0 heterocycles. The zero-order valence-electron chi connectivity index (χ0n) is 19.2. The van der Waals surface area contributed by atoms with Crippen LogP contribution in [0.5, 0.6) is 0 Å². The molecule has 4 nitrogen and oxygen atoms in total. The molecule has 0 bridgehead atoms. The average Bonchev–Trinajstić information content (AvgIpc) is 3.49. The molecule has 2 N–H and O–H groups in total. The van der Waals surface area contributed by atoms with Crippen molar-refractivity contribution in [3.8, 4) is 0 Å². The molecule has 0 radical (unpaired) electrons. The third kappa shape index (κ3) is 2.88. The van der Waals surface area contributed by atoms with Crippen LogP contribution in [0.2, 0.25) is 0 Å². The van der Waals surface area contributed by atoms with E-state index in [-0.39, 0.29) is 17.5 Å². The lowest BCUT2D eigenvalue weighted by atomic mass is 9.44. The van der Waals surface area contributed by atoms with Gasteiger partial charge in [0.1, 0.15) is 0 Å². The summed E-state index contributed by atoms with van der Waals surface area (Å²) >= 11 is 0. The van der Waals surface area contributed by atoms with Crippen molar-refractivity contribution < 1.29 is 19.7 Å². The molecule has 5 aliphatic rings. The third-order valence-corrected chi connectivity index (χ3v) is 11.2. The van der Waals surface area contributed by atoms with E-state index in [4.69, 9.17) is 4.74 Å². The smallest absolute Gasteiger partial charge is 0.305 e. The SMILES string of the molecule is CCC(=O)OCCC[C@]1(O)CC[C@H]2[C@@H]3CC[C@H]4CC(O)[C@@H]5C[C@@H]5[C@]4(C)[C@H]3CC[C@@]21C. The first kappa shape index (κ1) is 21.2. The number of rotatable bonds is 5. The van der Waals surface area contributed by atoms with E-state index in [9.17, 15) is 15.0 Å². The first-order valence-electron chi connectivity index (χ1n) is 12.8. The van der Waals surface area contributed by atoms with Gasteiger partial charge >= 0.3 is 5.97 Å². The van der Waals surface area contributed by atoms with Crippen molar-refractivity contribution in [2.75, 3.05) is 6.61 Å². The molecule has 0 aliphatic heterocycles. The van der Waals surface area contributed by atoms with Gasteiger partial charge in [0.2, 0.25) is 0 Å². The predicted molar refractivity (Wildman–Crippen MR) is 116 cm³/mol. The van der Waals surface area contributed by atoms with Crippen LogP contribution >= 0.6 is 0 Å². The Morgan fingerprint density at radius 1 is 1.00 bits per heavy atom. The fourth-order valence-electron chi connectivity index (χ4n) is 9.41. The minimum absolute atomic E-state index is 0.00324. The largest absolute Gasteiger partial charge is 0.466 e. The van der Waals surface area contributed by atoms with E-state index in [1.807, 2.05) is 6.92 Å². The van der Waals surface area contributed by atoms with E-state index in [0.717, 1.165) is 56.3 Å². The second-order valence-electron chi connectivity index (χ2n) is 12.0. The maximum Gasteiger partial charge on any atom is 0.305 e. The van der Waals surface area contributed by atoms with Crippen molar-refractivity contribution >= 4 is 5.97 Å². The number of aliphatic hydroxyl groups is 2. The van der Waals surface area contributed by atoms with E-state index in [1.165, 1.54) is 25.7 Å². The van der Waals surface area contributed by atoms with Gasteiger partial charge in [-0.3, -0.25) is 4.79 Å². The second-order valence-corrected chi connectivity index (χ2v) is 12.0. The van der Waals surface area contributed by atoms with Gasteiger partial charge in [0.25, 0.3) is 0 Å². The van der Waals surface area contributed by atoms with Crippen molar-refractivity contribution in [2.24, 2.45) is 46.3 Å². The molecule has 1 unspecified atom stereocenters. The number of aliphatic hydroxyl groups excluding tert-OH is 1. The van der Waals surface area contributed by atoms with Gasteiger partial charge < -0.3 is 14.9 Å². The quantitative estimate of drug-likeness (QED) is 0.501. The summed E-state index contributed by atoms with van der Waals surface area (Å²) in [6.07, 6.45) is 11.2. The predicted octanol–water partition coefficient (Wildman–Crippen LogP) is 4.71. The second kappa shape index (κ2) is 7.20. The first-order chi connectivity index (χ1) is 14.2. The number of esters is 1. The van der Waals surface area contributed by atoms with Gasteiger partial charge in [-0.05, 0) is 111 Å². The maximum absolute atomic E-state index is 11.8. The standard InChI is InChI=1S/C26H42O4/c1-4-23(28)30-13-5-10-26(29)12-9-19-17-7-6-16-14-22(27)18-15-21(18)25(16,3)20(17)8-11-24(19,26)2/h16-22,27,29H,4-15H2,1-3H3/t16-,17-,18+,19-,20-,21-,22?,24-,25-,26-/m0/s1. The average molecular weight is 419 g/mol. The summed E-state index contributed by atoms with van der Waals surface area (Å²) in [6.45, 7) is 7.21. The molecular weight excluding hydrogens is 376 g/mol. The fraction of sp³-hybridized carbons (Fsp3) is 0.962. The van der Waals surface area contributed by atoms with E-state index < -0.39 is 5.60 Å². The Labute approximate surface area is 182 Å². The van der Waals surface area contributed by atoms with E-state index in [1.54, 1.807) is 0 Å². The molecule has 0 saturated heterocycles. The highest BCUT2D eigenvalue weighted by Gasteiger charge is 2.69. The molecule has 0 aromatic heterocycles. The summed E-state index contributed by atoms with van der Waals surface area (Å²) in [6, 6.07) is 0. The van der Waals surface area contributed by atoms with Crippen molar-refractivity contribution in [1.29, 1.82) is 0 Å². The minimum Gasteiger partial charge on any atom is -0.466 e. The molecule has 5 aliphatic carbocycles. The normalized spacial score (nSPS) is 53.8. The molecule has 30 heavy (non-hydrogen) atoms. The summed E-state index contributed by atoms with van der Waals surface area (Å²) < 4.78 is 5.28. The summed E-state index contributed by atoms with van der Waals surface area (Å²) in [5.41, 5.74) is -0.184. The van der Waals surface area contributed by atoms with Gasteiger partial charge in [-0.2, -0.15) is 0 Å². The molecular formula is C26H42O4. The number of hydrogen-bond donors (Lipinski definition) is 2. The molecule has 4 heteroatoms. The Kier molecular flexibility index (Phi) is 5.10. The van der Waals surface area contributed by atoms with Crippen LogP contribution < -0.4 is 0 Å². The minimum atomic E-state index is -0.607. The Hall–Kier alpha value is -0.610. The van der Waals surface area contributed by atoms with Crippen LogP contribution in [0.25, 0.3) is 0 Å². The maximum atomic E-state index is 11.8.